The zero-order valence-electron chi connectivity index (χ0n) is 10.4. The standard InChI is InChI=1S/C16H14ClFO/c17-16(7-11-1-5-15(18)6-2-11)12-3-4-13-9-19-10-14(13)8-12/h1-6,8,16H,7,9-10H2. The Balaban J connectivity index is 1.76. The molecule has 0 saturated carbocycles. The number of fused-ring (bicyclic) bond motifs is 1. The van der Waals surface area contributed by atoms with E-state index < -0.39 is 0 Å². The van der Waals surface area contributed by atoms with Gasteiger partial charge in [0.1, 0.15) is 5.82 Å². The molecule has 3 heteroatoms. The predicted octanol–water partition coefficient (Wildman–Crippen LogP) is 4.38. The highest BCUT2D eigenvalue weighted by atomic mass is 35.5. The van der Waals surface area contributed by atoms with Crippen LogP contribution in [0.5, 0.6) is 0 Å². The van der Waals surface area contributed by atoms with E-state index in [-0.39, 0.29) is 11.2 Å². The van der Waals surface area contributed by atoms with Gasteiger partial charge >= 0.3 is 0 Å². The molecule has 0 radical (unpaired) electrons. The van der Waals surface area contributed by atoms with Crippen LogP contribution in [-0.4, -0.2) is 0 Å². The van der Waals surface area contributed by atoms with Gasteiger partial charge < -0.3 is 4.74 Å². The first-order valence-corrected chi connectivity index (χ1v) is 6.74. The minimum absolute atomic E-state index is 0.101. The van der Waals surface area contributed by atoms with E-state index in [9.17, 15) is 4.39 Å². The molecule has 3 rings (SSSR count). The zero-order chi connectivity index (χ0) is 13.2. The van der Waals surface area contributed by atoms with Crippen molar-refractivity contribution < 1.29 is 9.13 Å². The van der Waals surface area contributed by atoms with E-state index in [1.54, 1.807) is 12.1 Å². The van der Waals surface area contributed by atoms with Gasteiger partial charge in [0.05, 0.1) is 18.6 Å². The van der Waals surface area contributed by atoms with Gasteiger partial charge in [0.25, 0.3) is 0 Å². The molecule has 0 amide bonds. The predicted molar refractivity (Wildman–Crippen MR) is 73.6 cm³/mol. The van der Waals surface area contributed by atoms with Crippen LogP contribution >= 0.6 is 11.6 Å². The second-order valence-electron chi connectivity index (χ2n) is 4.82. The van der Waals surface area contributed by atoms with Gasteiger partial charge in [-0.3, -0.25) is 0 Å². The van der Waals surface area contributed by atoms with Gasteiger partial charge in [0.2, 0.25) is 0 Å². The summed E-state index contributed by atoms with van der Waals surface area (Å²) < 4.78 is 18.2. The third kappa shape index (κ3) is 2.80. The molecule has 0 spiro atoms. The largest absolute Gasteiger partial charge is 0.372 e. The zero-order valence-corrected chi connectivity index (χ0v) is 11.2. The molecule has 1 aliphatic rings. The number of hydrogen-bond acceptors (Lipinski definition) is 1. The lowest BCUT2D eigenvalue weighted by atomic mass is 10.00. The molecule has 19 heavy (non-hydrogen) atoms. The highest BCUT2D eigenvalue weighted by molar-refractivity contribution is 6.20. The first kappa shape index (κ1) is 12.6. The van der Waals surface area contributed by atoms with Crippen LogP contribution in [-0.2, 0) is 24.4 Å². The fourth-order valence-electron chi connectivity index (χ4n) is 2.33. The van der Waals surface area contributed by atoms with Crippen molar-refractivity contribution in [3.05, 3.63) is 70.5 Å². The minimum Gasteiger partial charge on any atom is -0.372 e. The molecular formula is C16H14ClFO. The molecule has 1 unspecified atom stereocenters. The van der Waals surface area contributed by atoms with Crippen LogP contribution in [0.15, 0.2) is 42.5 Å². The summed E-state index contributed by atoms with van der Waals surface area (Å²) in [6.07, 6.45) is 0.696. The molecule has 2 aromatic carbocycles. The van der Waals surface area contributed by atoms with Gasteiger partial charge in [0, 0.05) is 0 Å². The summed E-state index contributed by atoms with van der Waals surface area (Å²) in [5.41, 5.74) is 4.60. The summed E-state index contributed by atoms with van der Waals surface area (Å²) in [6, 6.07) is 12.7. The van der Waals surface area contributed by atoms with Gasteiger partial charge in [-0.05, 0) is 40.8 Å². The minimum atomic E-state index is -0.218. The monoisotopic (exact) mass is 276 g/mol. The number of rotatable bonds is 3. The van der Waals surface area contributed by atoms with Gasteiger partial charge in [-0.25, -0.2) is 4.39 Å². The Labute approximate surface area is 117 Å². The van der Waals surface area contributed by atoms with Gasteiger partial charge in [-0.1, -0.05) is 30.3 Å². The highest BCUT2D eigenvalue weighted by Gasteiger charge is 2.15. The summed E-state index contributed by atoms with van der Waals surface area (Å²) in [5, 5.41) is -0.101. The summed E-state index contributed by atoms with van der Waals surface area (Å²) in [7, 11) is 0. The molecule has 2 aromatic rings. The Morgan fingerprint density at radius 1 is 1.05 bits per heavy atom. The normalized spacial score (nSPS) is 15.3. The molecule has 0 aliphatic carbocycles. The number of halogens is 2. The van der Waals surface area contributed by atoms with Crippen LogP contribution in [0.1, 0.15) is 27.6 Å². The maximum absolute atomic E-state index is 12.9. The maximum Gasteiger partial charge on any atom is 0.123 e. The molecule has 0 N–H and O–H groups in total. The van der Waals surface area contributed by atoms with Gasteiger partial charge in [-0.15, -0.1) is 11.6 Å². The Hall–Kier alpha value is -1.38. The van der Waals surface area contributed by atoms with E-state index >= 15 is 0 Å². The Morgan fingerprint density at radius 3 is 2.58 bits per heavy atom. The fourth-order valence-corrected chi connectivity index (χ4v) is 2.65. The molecule has 1 nitrogen and oxygen atoms in total. The average Bonchev–Trinajstić information content (AvgIpc) is 2.88. The summed E-state index contributed by atoms with van der Waals surface area (Å²) in [6.45, 7) is 1.36. The number of benzene rings is 2. The van der Waals surface area contributed by atoms with Crippen molar-refractivity contribution in [1.82, 2.24) is 0 Å². The quantitative estimate of drug-likeness (QED) is 0.756. The third-order valence-corrected chi connectivity index (χ3v) is 3.84. The van der Waals surface area contributed by atoms with Crippen LogP contribution in [0.3, 0.4) is 0 Å². The van der Waals surface area contributed by atoms with Gasteiger partial charge in [0.15, 0.2) is 0 Å². The number of hydrogen-bond donors (Lipinski definition) is 0. The van der Waals surface area contributed by atoms with E-state index in [1.807, 2.05) is 0 Å². The molecule has 1 aliphatic heterocycles. The first-order chi connectivity index (χ1) is 9.22. The van der Waals surface area contributed by atoms with Crippen molar-refractivity contribution in [2.24, 2.45) is 0 Å². The van der Waals surface area contributed by atoms with E-state index in [4.69, 9.17) is 16.3 Å². The Bertz CT molecular complexity index is 580. The van der Waals surface area contributed by atoms with E-state index in [0.29, 0.717) is 19.6 Å². The van der Waals surface area contributed by atoms with Crippen molar-refractivity contribution in [2.75, 3.05) is 0 Å². The van der Waals surface area contributed by atoms with Crippen LogP contribution in [0.25, 0.3) is 0 Å². The van der Waals surface area contributed by atoms with Crippen LogP contribution in [0.2, 0.25) is 0 Å². The van der Waals surface area contributed by atoms with Crippen molar-refractivity contribution in [1.29, 1.82) is 0 Å². The SMILES string of the molecule is Fc1ccc(CC(Cl)c2ccc3c(c2)COC3)cc1. The number of alkyl halides is 1. The lowest BCUT2D eigenvalue weighted by Gasteiger charge is -2.11. The molecular weight excluding hydrogens is 263 g/mol. The van der Waals surface area contributed by atoms with Crippen LogP contribution < -0.4 is 0 Å². The van der Waals surface area contributed by atoms with Crippen LogP contribution in [0, 0.1) is 5.82 Å². The van der Waals surface area contributed by atoms with E-state index in [2.05, 4.69) is 18.2 Å². The molecule has 0 fully saturated rings. The van der Waals surface area contributed by atoms with Crippen molar-refractivity contribution in [3.8, 4) is 0 Å². The molecule has 1 heterocycles. The summed E-state index contributed by atoms with van der Waals surface area (Å²) >= 11 is 6.45. The highest BCUT2D eigenvalue weighted by Crippen LogP contribution is 2.29. The third-order valence-electron chi connectivity index (χ3n) is 3.44. The lowest BCUT2D eigenvalue weighted by Crippen LogP contribution is -1.97. The smallest absolute Gasteiger partial charge is 0.123 e. The summed E-state index contributed by atoms with van der Waals surface area (Å²) in [5.74, 6) is -0.218. The Kier molecular flexibility index (Phi) is 3.54. The summed E-state index contributed by atoms with van der Waals surface area (Å²) in [4.78, 5) is 0. The van der Waals surface area contributed by atoms with Crippen LogP contribution in [0.4, 0.5) is 4.39 Å². The lowest BCUT2D eigenvalue weighted by molar-refractivity contribution is 0.134. The molecule has 0 saturated heterocycles. The van der Waals surface area contributed by atoms with Crippen molar-refractivity contribution in [2.45, 2.75) is 25.0 Å². The second-order valence-corrected chi connectivity index (χ2v) is 5.35. The Morgan fingerprint density at radius 2 is 1.79 bits per heavy atom. The fraction of sp³-hybridized carbons (Fsp3) is 0.250. The molecule has 0 aromatic heterocycles. The van der Waals surface area contributed by atoms with Gasteiger partial charge in [-0.2, -0.15) is 0 Å². The average molecular weight is 277 g/mol. The van der Waals surface area contributed by atoms with Crippen molar-refractivity contribution >= 4 is 11.6 Å². The topological polar surface area (TPSA) is 9.23 Å². The van der Waals surface area contributed by atoms with Crippen molar-refractivity contribution in [3.63, 3.8) is 0 Å². The second kappa shape index (κ2) is 5.32. The van der Waals surface area contributed by atoms with E-state index in [0.717, 1.165) is 11.1 Å². The van der Waals surface area contributed by atoms with E-state index in [1.165, 1.54) is 23.3 Å². The number of ether oxygens (including phenoxy) is 1. The first-order valence-electron chi connectivity index (χ1n) is 6.30. The molecule has 1 atom stereocenters. The maximum atomic E-state index is 12.9. The molecule has 0 bridgehead atoms. The molecule has 98 valence electrons.